The lowest BCUT2D eigenvalue weighted by Gasteiger charge is -2.21. The van der Waals surface area contributed by atoms with Gasteiger partial charge in [0.2, 0.25) is 0 Å². The first-order chi connectivity index (χ1) is 3.63. The summed E-state index contributed by atoms with van der Waals surface area (Å²) in [5.74, 6) is 2.29. The van der Waals surface area contributed by atoms with E-state index in [0.29, 0.717) is 4.75 Å². The van der Waals surface area contributed by atoms with Crippen LogP contribution in [-0.4, -0.2) is 10.5 Å². The summed E-state index contributed by atoms with van der Waals surface area (Å²) in [5, 5.41) is 0. The molecule has 0 radical (unpaired) electrons. The molecule has 1 atom stereocenters. The highest BCUT2D eigenvalue weighted by Gasteiger charge is 2.31. The van der Waals surface area contributed by atoms with Crippen LogP contribution in [-0.2, 0) is 0 Å². The molecule has 8 heavy (non-hydrogen) atoms. The molecular weight excluding hydrogens is 116 g/mol. The average molecular weight is 130 g/mol. The van der Waals surface area contributed by atoms with Crippen molar-refractivity contribution >= 4 is 11.8 Å². The standard InChI is InChI=1S/C7H14S/c1-6-4-5-8-7(6,2)3/h6H,4-5H2,1-3H3. The number of hydrogen-bond donors (Lipinski definition) is 0. The minimum absolute atomic E-state index is 0.569. The number of rotatable bonds is 0. The van der Waals surface area contributed by atoms with Crippen molar-refractivity contribution in [2.75, 3.05) is 5.75 Å². The lowest BCUT2D eigenvalue weighted by molar-refractivity contribution is 0.477. The molecule has 1 rings (SSSR count). The Morgan fingerprint density at radius 1 is 1.50 bits per heavy atom. The molecule has 0 bridgehead atoms. The molecule has 1 heteroatoms. The van der Waals surface area contributed by atoms with Gasteiger partial charge in [-0.05, 0) is 18.1 Å². The van der Waals surface area contributed by atoms with Crippen molar-refractivity contribution in [2.45, 2.75) is 31.9 Å². The Hall–Kier alpha value is 0.350. The molecular formula is C7H14S. The highest BCUT2D eigenvalue weighted by molar-refractivity contribution is 8.00. The third-order valence-electron chi connectivity index (χ3n) is 2.21. The smallest absolute Gasteiger partial charge is 0.0129 e. The Labute approximate surface area is 56.0 Å². The van der Waals surface area contributed by atoms with E-state index in [1.54, 1.807) is 0 Å². The molecule has 1 heterocycles. The highest BCUT2D eigenvalue weighted by Crippen LogP contribution is 2.41. The molecule has 1 unspecified atom stereocenters. The maximum absolute atomic E-state index is 2.35. The molecule has 1 saturated heterocycles. The summed E-state index contributed by atoms with van der Waals surface area (Å²) >= 11 is 2.11. The van der Waals surface area contributed by atoms with Crippen molar-refractivity contribution in [1.82, 2.24) is 0 Å². The molecule has 0 N–H and O–H groups in total. The van der Waals surface area contributed by atoms with Crippen LogP contribution in [0.25, 0.3) is 0 Å². The van der Waals surface area contributed by atoms with Crippen molar-refractivity contribution < 1.29 is 0 Å². The minimum atomic E-state index is 0.569. The third-order valence-corrected chi connectivity index (χ3v) is 3.80. The fourth-order valence-electron chi connectivity index (χ4n) is 0.989. The quantitative estimate of drug-likeness (QED) is 0.485. The first-order valence-electron chi connectivity index (χ1n) is 3.27. The fraction of sp³-hybridized carbons (Fsp3) is 1.00. The van der Waals surface area contributed by atoms with Gasteiger partial charge in [-0.25, -0.2) is 0 Å². The van der Waals surface area contributed by atoms with Gasteiger partial charge >= 0.3 is 0 Å². The molecule has 0 aromatic rings. The van der Waals surface area contributed by atoms with Gasteiger partial charge in [-0.3, -0.25) is 0 Å². The second kappa shape index (κ2) is 1.94. The van der Waals surface area contributed by atoms with Gasteiger partial charge in [0.15, 0.2) is 0 Å². The second-order valence-electron chi connectivity index (χ2n) is 3.14. The Kier molecular flexibility index (Phi) is 1.57. The number of hydrogen-bond acceptors (Lipinski definition) is 1. The van der Waals surface area contributed by atoms with Crippen molar-refractivity contribution in [3.63, 3.8) is 0 Å². The Morgan fingerprint density at radius 3 is 2.25 bits per heavy atom. The Morgan fingerprint density at radius 2 is 2.12 bits per heavy atom. The molecule has 0 aliphatic carbocycles. The summed E-state index contributed by atoms with van der Waals surface area (Å²) < 4.78 is 0.569. The topological polar surface area (TPSA) is 0 Å². The van der Waals surface area contributed by atoms with Gasteiger partial charge in [-0.15, -0.1) is 0 Å². The largest absolute Gasteiger partial charge is 0.155 e. The van der Waals surface area contributed by atoms with E-state index in [4.69, 9.17) is 0 Å². The van der Waals surface area contributed by atoms with E-state index in [-0.39, 0.29) is 0 Å². The van der Waals surface area contributed by atoms with Crippen LogP contribution in [0, 0.1) is 5.92 Å². The molecule has 0 aromatic carbocycles. The maximum Gasteiger partial charge on any atom is 0.0129 e. The summed E-state index contributed by atoms with van der Waals surface area (Å²) in [6.45, 7) is 7.03. The van der Waals surface area contributed by atoms with Crippen LogP contribution >= 0.6 is 11.8 Å². The zero-order chi connectivity index (χ0) is 6.20. The predicted molar refractivity (Wildman–Crippen MR) is 40.3 cm³/mol. The third kappa shape index (κ3) is 1.02. The van der Waals surface area contributed by atoms with Gasteiger partial charge < -0.3 is 0 Å². The van der Waals surface area contributed by atoms with Crippen LogP contribution < -0.4 is 0 Å². The molecule has 0 saturated carbocycles. The van der Waals surface area contributed by atoms with Crippen molar-refractivity contribution in [1.29, 1.82) is 0 Å². The molecule has 1 aliphatic heterocycles. The summed E-state index contributed by atoms with van der Waals surface area (Å²) in [5.41, 5.74) is 0. The van der Waals surface area contributed by atoms with E-state index >= 15 is 0 Å². The average Bonchev–Trinajstić information content (AvgIpc) is 1.86. The Balaban J connectivity index is 2.54. The van der Waals surface area contributed by atoms with E-state index in [2.05, 4.69) is 32.5 Å². The van der Waals surface area contributed by atoms with Crippen LogP contribution in [0.1, 0.15) is 27.2 Å². The Bertz CT molecular complexity index is 86.4. The maximum atomic E-state index is 2.35. The van der Waals surface area contributed by atoms with E-state index in [1.165, 1.54) is 12.2 Å². The van der Waals surface area contributed by atoms with Crippen LogP contribution in [0.2, 0.25) is 0 Å². The van der Waals surface area contributed by atoms with Crippen molar-refractivity contribution in [3.8, 4) is 0 Å². The second-order valence-corrected chi connectivity index (χ2v) is 4.89. The molecule has 1 aliphatic rings. The summed E-state index contributed by atoms with van der Waals surface area (Å²) in [4.78, 5) is 0. The van der Waals surface area contributed by atoms with Crippen LogP contribution in [0.15, 0.2) is 0 Å². The van der Waals surface area contributed by atoms with Gasteiger partial charge in [0.25, 0.3) is 0 Å². The molecule has 48 valence electrons. The lowest BCUT2D eigenvalue weighted by atomic mass is 9.95. The normalized spacial score (nSPS) is 35.6. The molecule has 0 amide bonds. The fourth-order valence-corrected chi connectivity index (χ4v) is 2.39. The highest BCUT2D eigenvalue weighted by atomic mass is 32.2. The van der Waals surface area contributed by atoms with E-state index in [0.717, 1.165) is 5.92 Å². The van der Waals surface area contributed by atoms with Gasteiger partial charge in [0, 0.05) is 4.75 Å². The van der Waals surface area contributed by atoms with Crippen LogP contribution in [0.5, 0.6) is 0 Å². The van der Waals surface area contributed by atoms with Crippen LogP contribution in [0.4, 0.5) is 0 Å². The van der Waals surface area contributed by atoms with Gasteiger partial charge in [0.1, 0.15) is 0 Å². The molecule has 0 aromatic heterocycles. The zero-order valence-electron chi connectivity index (χ0n) is 5.90. The van der Waals surface area contributed by atoms with Crippen molar-refractivity contribution in [3.05, 3.63) is 0 Å². The molecule has 0 nitrogen and oxygen atoms in total. The van der Waals surface area contributed by atoms with E-state index in [1.807, 2.05) is 0 Å². The molecule has 1 fully saturated rings. The van der Waals surface area contributed by atoms with Gasteiger partial charge in [0.05, 0.1) is 0 Å². The first-order valence-corrected chi connectivity index (χ1v) is 4.25. The summed E-state index contributed by atoms with van der Waals surface area (Å²) in [6, 6.07) is 0. The zero-order valence-corrected chi connectivity index (χ0v) is 6.72. The predicted octanol–water partition coefficient (Wildman–Crippen LogP) is 2.54. The van der Waals surface area contributed by atoms with Gasteiger partial charge in [-0.1, -0.05) is 20.8 Å². The van der Waals surface area contributed by atoms with Gasteiger partial charge in [-0.2, -0.15) is 11.8 Å². The monoisotopic (exact) mass is 130 g/mol. The summed E-state index contributed by atoms with van der Waals surface area (Å²) in [6.07, 6.45) is 1.41. The lowest BCUT2D eigenvalue weighted by Crippen LogP contribution is -2.18. The van der Waals surface area contributed by atoms with E-state index < -0.39 is 0 Å². The SMILES string of the molecule is CC1CCSC1(C)C. The number of thioether (sulfide) groups is 1. The summed E-state index contributed by atoms with van der Waals surface area (Å²) in [7, 11) is 0. The minimum Gasteiger partial charge on any atom is -0.155 e. The van der Waals surface area contributed by atoms with E-state index in [9.17, 15) is 0 Å². The van der Waals surface area contributed by atoms with Crippen LogP contribution in [0.3, 0.4) is 0 Å². The molecule has 0 spiro atoms. The van der Waals surface area contributed by atoms with Crippen molar-refractivity contribution in [2.24, 2.45) is 5.92 Å². The first kappa shape index (κ1) is 6.47.